The molecule has 0 rings (SSSR count). The summed E-state index contributed by atoms with van der Waals surface area (Å²) in [4.78, 5) is 22.9. The lowest BCUT2D eigenvalue weighted by Crippen LogP contribution is -2.18. The fourth-order valence-electron chi connectivity index (χ4n) is 4.71. The lowest BCUT2D eigenvalue weighted by atomic mass is 10.0. The molecule has 0 spiro atoms. The van der Waals surface area contributed by atoms with Crippen LogP contribution in [0.15, 0.2) is 72.9 Å². The highest BCUT2D eigenvalue weighted by molar-refractivity contribution is 5.69. The van der Waals surface area contributed by atoms with Gasteiger partial charge in [0.25, 0.3) is 0 Å². The summed E-state index contributed by atoms with van der Waals surface area (Å²) in [6.45, 7) is 4.31. The molecule has 0 heterocycles. The number of carbonyl (C=O) groups excluding carboxylic acids is 1. The van der Waals surface area contributed by atoms with Crippen LogP contribution in [-0.2, 0) is 14.3 Å². The molecule has 0 aromatic carbocycles. The van der Waals surface area contributed by atoms with Gasteiger partial charge in [-0.15, -0.1) is 0 Å². The Labute approximate surface area is 265 Å². The van der Waals surface area contributed by atoms with E-state index in [0.29, 0.717) is 12.8 Å². The SMILES string of the molecule is CC/C=C\C/C=C\C/C=C\C/C=C\C/C=C\C/C=C\CCCCC(=O)OC(CCC)CCCCCCCCCCC(=O)O. The van der Waals surface area contributed by atoms with E-state index in [9.17, 15) is 9.59 Å². The highest BCUT2D eigenvalue weighted by Gasteiger charge is 2.13. The van der Waals surface area contributed by atoms with Crippen molar-refractivity contribution in [2.45, 2.75) is 161 Å². The summed E-state index contributed by atoms with van der Waals surface area (Å²) in [6, 6.07) is 0. The number of aliphatic carboxylic acids is 1. The Morgan fingerprint density at radius 3 is 1.47 bits per heavy atom. The molecule has 0 aromatic heterocycles. The van der Waals surface area contributed by atoms with E-state index in [1.54, 1.807) is 0 Å². The quantitative estimate of drug-likeness (QED) is 0.0509. The van der Waals surface area contributed by atoms with Gasteiger partial charge >= 0.3 is 11.9 Å². The lowest BCUT2D eigenvalue weighted by molar-refractivity contribution is -0.150. The number of unbranched alkanes of at least 4 members (excludes halogenated alkanes) is 9. The summed E-state index contributed by atoms with van der Waals surface area (Å²) >= 11 is 0. The summed E-state index contributed by atoms with van der Waals surface area (Å²) in [5.74, 6) is -0.731. The van der Waals surface area contributed by atoms with Crippen molar-refractivity contribution < 1.29 is 19.4 Å². The lowest BCUT2D eigenvalue weighted by Gasteiger charge is -2.17. The molecule has 0 saturated carbocycles. The van der Waals surface area contributed by atoms with E-state index < -0.39 is 5.97 Å². The Morgan fingerprint density at radius 2 is 0.977 bits per heavy atom. The van der Waals surface area contributed by atoms with Crippen molar-refractivity contribution in [1.82, 2.24) is 0 Å². The minimum Gasteiger partial charge on any atom is -0.481 e. The number of carbonyl (C=O) groups is 2. The first kappa shape index (κ1) is 40.4. The van der Waals surface area contributed by atoms with Crippen LogP contribution in [-0.4, -0.2) is 23.1 Å². The predicted molar refractivity (Wildman–Crippen MR) is 185 cm³/mol. The van der Waals surface area contributed by atoms with Gasteiger partial charge < -0.3 is 9.84 Å². The first-order valence-electron chi connectivity index (χ1n) is 17.4. The molecule has 0 radical (unpaired) electrons. The average molecular weight is 597 g/mol. The number of carboxylic acids is 1. The molecule has 0 aliphatic rings. The van der Waals surface area contributed by atoms with Crippen LogP contribution in [0.4, 0.5) is 0 Å². The largest absolute Gasteiger partial charge is 0.481 e. The predicted octanol–water partition coefficient (Wildman–Crippen LogP) is 11.9. The maximum atomic E-state index is 12.3. The minimum absolute atomic E-state index is 0.0393. The molecule has 0 saturated heterocycles. The summed E-state index contributed by atoms with van der Waals surface area (Å²) in [5, 5.41) is 8.67. The second-order valence-corrected chi connectivity index (χ2v) is 11.3. The zero-order chi connectivity index (χ0) is 31.5. The summed E-state index contributed by atoms with van der Waals surface area (Å²) < 4.78 is 5.80. The molecule has 244 valence electrons. The molecule has 0 aromatic rings. The van der Waals surface area contributed by atoms with E-state index in [1.165, 1.54) is 25.7 Å². The van der Waals surface area contributed by atoms with Gasteiger partial charge in [0.1, 0.15) is 6.10 Å². The fraction of sp³-hybridized carbons (Fsp3) is 0.641. The highest BCUT2D eigenvalue weighted by atomic mass is 16.5. The molecular formula is C39H64O4. The van der Waals surface area contributed by atoms with Crippen molar-refractivity contribution in [3.05, 3.63) is 72.9 Å². The molecule has 1 N–H and O–H groups in total. The van der Waals surface area contributed by atoms with Gasteiger partial charge in [0.2, 0.25) is 0 Å². The van der Waals surface area contributed by atoms with Gasteiger partial charge in [-0.05, 0) is 83.5 Å². The number of hydrogen-bond donors (Lipinski definition) is 1. The van der Waals surface area contributed by atoms with E-state index in [2.05, 4.69) is 86.8 Å². The normalized spacial score (nSPS) is 13.2. The number of esters is 1. The molecule has 0 amide bonds. The van der Waals surface area contributed by atoms with Gasteiger partial charge in [0, 0.05) is 12.8 Å². The first-order chi connectivity index (χ1) is 21.1. The van der Waals surface area contributed by atoms with Crippen molar-refractivity contribution in [2.75, 3.05) is 0 Å². The number of carboxylic acid groups (broad SMARTS) is 1. The van der Waals surface area contributed by atoms with Crippen LogP contribution in [0, 0.1) is 0 Å². The average Bonchev–Trinajstić information content (AvgIpc) is 2.98. The van der Waals surface area contributed by atoms with Crippen LogP contribution in [0.2, 0.25) is 0 Å². The molecule has 0 aliphatic carbocycles. The van der Waals surface area contributed by atoms with Crippen molar-refractivity contribution in [3.8, 4) is 0 Å². The topological polar surface area (TPSA) is 63.6 Å². The summed E-state index contributed by atoms with van der Waals surface area (Å²) in [5.41, 5.74) is 0. The van der Waals surface area contributed by atoms with Crippen LogP contribution >= 0.6 is 0 Å². The van der Waals surface area contributed by atoms with Gasteiger partial charge in [0.05, 0.1) is 0 Å². The first-order valence-corrected chi connectivity index (χ1v) is 17.4. The third-order valence-electron chi connectivity index (χ3n) is 7.17. The zero-order valence-corrected chi connectivity index (χ0v) is 27.7. The molecule has 43 heavy (non-hydrogen) atoms. The highest BCUT2D eigenvalue weighted by Crippen LogP contribution is 2.16. The van der Waals surface area contributed by atoms with Crippen LogP contribution < -0.4 is 0 Å². The van der Waals surface area contributed by atoms with Crippen LogP contribution in [0.1, 0.15) is 155 Å². The van der Waals surface area contributed by atoms with Gasteiger partial charge in [-0.2, -0.15) is 0 Å². The molecule has 0 aliphatic heterocycles. The van der Waals surface area contributed by atoms with Gasteiger partial charge in [-0.1, -0.05) is 132 Å². The van der Waals surface area contributed by atoms with E-state index >= 15 is 0 Å². The van der Waals surface area contributed by atoms with E-state index in [1.807, 2.05) is 0 Å². The fourth-order valence-corrected chi connectivity index (χ4v) is 4.71. The molecule has 0 fully saturated rings. The van der Waals surface area contributed by atoms with Crippen molar-refractivity contribution in [1.29, 1.82) is 0 Å². The third-order valence-corrected chi connectivity index (χ3v) is 7.17. The molecule has 0 bridgehead atoms. The van der Waals surface area contributed by atoms with Crippen molar-refractivity contribution >= 4 is 11.9 Å². The Kier molecular flexibility index (Phi) is 31.8. The number of hydrogen-bond acceptors (Lipinski definition) is 3. The minimum atomic E-state index is -0.691. The second-order valence-electron chi connectivity index (χ2n) is 11.3. The molecule has 4 nitrogen and oxygen atoms in total. The second kappa shape index (κ2) is 33.9. The van der Waals surface area contributed by atoms with Crippen molar-refractivity contribution in [3.63, 3.8) is 0 Å². The van der Waals surface area contributed by atoms with E-state index in [0.717, 1.165) is 103 Å². The van der Waals surface area contributed by atoms with Crippen LogP contribution in [0.5, 0.6) is 0 Å². The Morgan fingerprint density at radius 1 is 0.535 bits per heavy atom. The monoisotopic (exact) mass is 596 g/mol. The van der Waals surface area contributed by atoms with Crippen LogP contribution in [0.25, 0.3) is 0 Å². The Balaban J connectivity index is 3.73. The van der Waals surface area contributed by atoms with Crippen molar-refractivity contribution in [2.24, 2.45) is 0 Å². The van der Waals surface area contributed by atoms with Crippen LogP contribution in [0.3, 0.4) is 0 Å². The standard InChI is InChI=1S/C39H64O4/c1-3-5-6-7-8-9-10-11-12-13-14-15-16-17-18-19-20-21-26-29-32-36-39(42)43-37(33-4-2)34-30-27-24-22-23-25-28-31-35-38(40)41/h5-6,8-9,11-12,14-15,17-18,20-21,37H,3-4,7,10,13,16,19,22-36H2,1-2H3,(H,40,41)/b6-5-,9-8-,12-11-,15-14-,18-17-,21-20-. The number of rotatable bonds is 30. The maximum Gasteiger partial charge on any atom is 0.306 e. The van der Waals surface area contributed by atoms with E-state index in [-0.39, 0.29) is 12.1 Å². The summed E-state index contributed by atoms with van der Waals surface area (Å²) in [6.07, 6.45) is 48.3. The smallest absolute Gasteiger partial charge is 0.306 e. The third kappa shape index (κ3) is 33.7. The molecule has 1 unspecified atom stereocenters. The maximum absolute atomic E-state index is 12.3. The molecular weight excluding hydrogens is 532 g/mol. The number of ether oxygens (including phenoxy) is 1. The molecule has 4 heteroatoms. The zero-order valence-electron chi connectivity index (χ0n) is 27.7. The van der Waals surface area contributed by atoms with Gasteiger partial charge in [0.15, 0.2) is 0 Å². The Bertz CT molecular complexity index is 815. The number of allylic oxidation sites excluding steroid dienone is 12. The summed E-state index contributed by atoms with van der Waals surface area (Å²) in [7, 11) is 0. The van der Waals surface area contributed by atoms with Gasteiger partial charge in [-0.3, -0.25) is 9.59 Å². The Hall–Kier alpha value is -2.62. The van der Waals surface area contributed by atoms with Gasteiger partial charge in [-0.25, -0.2) is 0 Å². The molecule has 1 atom stereocenters. The van der Waals surface area contributed by atoms with E-state index in [4.69, 9.17) is 9.84 Å².